The average Bonchev–Trinajstić information content (AvgIpc) is 4.53. The van der Waals surface area contributed by atoms with Gasteiger partial charge in [0.2, 0.25) is 18.0 Å². The first kappa shape index (κ1) is 52.1. The Morgan fingerprint density at radius 2 is 1.46 bits per heavy atom. The van der Waals surface area contributed by atoms with Gasteiger partial charge in [0.1, 0.15) is 35.3 Å². The van der Waals surface area contributed by atoms with Crippen LogP contribution in [0.25, 0.3) is 65.6 Å². The Labute approximate surface area is 457 Å². The molecule has 3 aliphatic heterocycles. The van der Waals surface area contributed by atoms with E-state index in [0.29, 0.717) is 71.5 Å². The molecule has 1 unspecified atom stereocenters. The molecule has 21 heteroatoms. The van der Waals surface area contributed by atoms with Gasteiger partial charge in [0.25, 0.3) is 0 Å². The molecule has 0 bridgehead atoms. The number of rotatable bonds is 14. The summed E-state index contributed by atoms with van der Waals surface area (Å²) in [6.45, 7) is 6.73. The van der Waals surface area contributed by atoms with Crippen molar-refractivity contribution < 1.29 is 37.8 Å². The summed E-state index contributed by atoms with van der Waals surface area (Å²) in [5.41, 5.74) is 16.6. The number of imidazole rings is 2. The maximum atomic E-state index is 17.1. The lowest BCUT2D eigenvalue weighted by Crippen LogP contribution is -2.51. The molecule has 4 N–H and O–H groups in total. The van der Waals surface area contributed by atoms with Crippen LogP contribution in [0.2, 0.25) is 0 Å². The number of amides is 4. The van der Waals surface area contributed by atoms with Crippen LogP contribution in [0.3, 0.4) is 0 Å². The van der Waals surface area contributed by atoms with Crippen LogP contribution < -0.4 is 15.4 Å². The van der Waals surface area contributed by atoms with Gasteiger partial charge in [0, 0.05) is 51.5 Å². The van der Waals surface area contributed by atoms with E-state index in [1.807, 2.05) is 48.7 Å². The van der Waals surface area contributed by atoms with Crippen LogP contribution in [0, 0.1) is 18.7 Å². The second kappa shape index (κ2) is 21.8. The molecular formula is C58H57FN12O7S. The molecule has 0 saturated carbocycles. The number of hydrogen-bond acceptors (Lipinski definition) is 11. The molecule has 79 heavy (non-hydrogen) atoms. The highest BCUT2D eigenvalue weighted by molar-refractivity contribution is 7.15. The molecule has 5 atom stereocenters. The summed E-state index contributed by atoms with van der Waals surface area (Å²) in [5, 5.41) is 9.87. The van der Waals surface area contributed by atoms with Crippen molar-refractivity contribution in [3.8, 4) is 50.0 Å². The number of ether oxygens (including phenoxy) is 3. The molecule has 19 nitrogen and oxygen atoms in total. The monoisotopic (exact) mass is 1080 g/mol. The second-order valence-corrected chi connectivity index (χ2v) is 21.5. The number of halogens is 1. The van der Waals surface area contributed by atoms with Gasteiger partial charge in [-0.2, -0.15) is 0 Å². The first-order valence-corrected chi connectivity index (χ1v) is 27.0. The van der Waals surface area contributed by atoms with Crippen LogP contribution >= 0.6 is 11.3 Å². The number of aromatic nitrogens is 5. The number of aryl methyl sites for hydroxylation is 1. The van der Waals surface area contributed by atoms with E-state index < -0.39 is 42.4 Å². The second-order valence-electron chi connectivity index (χ2n) is 20.4. The lowest BCUT2D eigenvalue weighted by Gasteiger charge is -2.30. The number of aromatic amines is 2. The van der Waals surface area contributed by atoms with Gasteiger partial charge in [-0.1, -0.05) is 79.1 Å². The number of nitrogens with one attached hydrogen (secondary N) is 4. The summed E-state index contributed by atoms with van der Waals surface area (Å²) in [6, 6.07) is 28.1. The average molecular weight is 1090 g/mol. The third-order valence-electron chi connectivity index (χ3n) is 15.0. The molecule has 0 spiro atoms. The van der Waals surface area contributed by atoms with Crippen molar-refractivity contribution >= 4 is 51.9 Å². The molecule has 404 valence electrons. The number of fused-ring (bicyclic) bond motifs is 5. The summed E-state index contributed by atoms with van der Waals surface area (Å²) in [4.78, 5) is 77.6. The number of hydrogen-bond donors (Lipinski definition) is 4. The van der Waals surface area contributed by atoms with Crippen LogP contribution in [-0.4, -0.2) is 97.7 Å². The first-order chi connectivity index (χ1) is 38.3. The highest BCUT2D eigenvalue weighted by Gasteiger charge is 2.40. The van der Waals surface area contributed by atoms with Crippen LogP contribution in [-0.2, 0) is 25.5 Å². The Balaban J connectivity index is 0.906. The smallest absolute Gasteiger partial charge is 0.407 e. The van der Waals surface area contributed by atoms with E-state index in [-0.39, 0.29) is 30.2 Å². The molecular weight excluding hydrogens is 1030 g/mol. The van der Waals surface area contributed by atoms with E-state index in [0.717, 1.165) is 61.4 Å². The number of carbonyl (C=O) groups is 4. The van der Waals surface area contributed by atoms with Crippen LogP contribution in [0.4, 0.5) is 19.7 Å². The van der Waals surface area contributed by atoms with Crippen molar-refractivity contribution in [2.45, 2.75) is 83.3 Å². The quantitative estimate of drug-likeness (QED) is 0.0459. The van der Waals surface area contributed by atoms with Gasteiger partial charge in [0.05, 0.1) is 71.7 Å². The fourth-order valence-electron chi connectivity index (χ4n) is 11.0. The highest BCUT2D eigenvalue weighted by Crippen LogP contribution is 2.49. The Morgan fingerprint density at radius 3 is 2.11 bits per heavy atom. The predicted octanol–water partition coefficient (Wildman–Crippen LogP) is 11.8. The van der Waals surface area contributed by atoms with Crippen molar-refractivity contribution in [1.82, 2.24) is 44.9 Å². The van der Waals surface area contributed by atoms with Crippen molar-refractivity contribution in [1.29, 1.82) is 0 Å². The molecule has 4 aromatic carbocycles. The van der Waals surface area contributed by atoms with Crippen molar-refractivity contribution in [3.05, 3.63) is 153 Å². The summed E-state index contributed by atoms with van der Waals surface area (Å²) >= 11 is 1.61. The number of likely N-dealkylation sites (tertiary alicyclic amines) is 2. The topological polar surface area (TPSA) is 238 Å². The Hall–Kier alpha value is -8.94. The zero-order valence-corrected chi connectivity index (χ0v) is 44.8. The number of methoxy groups -OCH3 is 2. The minimum atomic E-state index is -0.943. The van der Waals surface area contributed by atoms with Gasteiger partial charge in [-0.05, 0) is 97.6 Å². The molecule has 7 heterocycles. The summed E-state index contributed by atoms with van der Waals surface area (Å²) in [5.74, 6) is 0.300. The van der Waals surface area contributed by atoms with Crippen molar-refractivity contribution in [3.63, 3.8) is 0 Å². The Kier molecular flexibility index (Phi) is 14.4. The molecule has 8 aromatic rings. The predicted molar refractivity (Wildman–Crippen MR) is 296 cm³/mol. The number of thiophene rings is 1. The molecule has 2 saturated heterocycles. The molecule has 0 aliphatic carbocycles. The van der Waals surface area contributed by atoms with Crippen LogP contribution in [0.15, 0.2) is 115 Å². The van der Waals surface area contributed by atoms with Gasteiger partial charge >= 0.3 is 12.2 Å². The molecule has 4 aromatic heterocycles. The number of H-pyrrole nitrogens is 2. The number of carbonyl (C=O) groups excluding carboxylic acids is 4. The van der Waals surface area contributed by atoms with E-state index in [4.69, 9.17) is 29.7 Å². The summed E-state index contributed by atoms with van der Waals surface area (Å²) < 4.78 is 35.9. The van der Waals surface area contributed by atoms with E-state index in [1.165, 1.54) is 20.3 Å². The van der Waals surface area contributed by atoms with Gasteiger partial charge in [-0.3, -0.25) is 14.2 Å². The minimum absolute atomic E-state index is 0.176. The fraction of sp³-hybridized carbons (Fsp3) is 0.310. The number of azide groups is 1. The number of benzene rings is 4. The van der Waals surface area contributed by atoms with Gasteiger partial charge < -0.3 is 44.6 Å². The third-order valence-corrected chi connectivity index (χ3v) is 16.2. The molecule has 2 fully saturated rings. The van der Waals surface area contributed by atoms with Gasteiger partial charge in [-0.25, -0.2) is 23.9 Å². The summed E-state index contributed by atoms with van der Waals surface area (Å²) in [7, 11) is 2.51. The number of nitrogens with zero attached hydrogens (tertiary/aromatic N) is 8. The Morgan fingerprint density at radius 1 is 0.810 bits per heavy atom. The maximum absolute atomic E-state index is 17.1. The SMILES string of the molecule is COC(=O)N[C@@H](Cc1ccc(N=[N+]=[N-])cc1)C(=O)N1CCC[C@H]1c1ncc(-c2ccc3c(c2)cc2n3C(c3ccc(-c4ccc(C)cc4)s3)Oc3cc(-c4cnc([C@@H]5CCCN5C(=O)[C@@H](NC(=O)OC)C(C)C)[nH]4)cc(F)c3-2)[nH]1. The third kappa shape index (κ3) is 10.3. The first-order valence-electron chi connectivity index (χ1n) is 26.2. The van der Waals surface area contributed by atoms with Gasteiger partial charge in [-0.15, -0.1) is 11.3 Å². The zero-order chi connectivity index (χ0) is 55.1. The van der Waals surface area contributed by atoms with Gasteiger partial charge in [0.15, 0.2) is 0 Å². The molecule has 11 rings (SSSR count). The Bertz CT molecular complexity index is 3670. The molecule has 3 aliphatic rings. The lowest BCUT2D eigenvalue weighted by atomic mass is 10.0. The highest BCUT2D eigenvalue weighted by atomic mass is 32.1. The van der Waals surface area contributed by atoms with E-state index in [9.17, 15) is 19.2 Å². The molecule has 0 radical (unpaired) electrons. The van der Waals surface area contributed by atoms with Crippen molar-refractivity contribution in [2.75, 3.05) is 27.3 Å². The fourth-order valence-corrected chi connectivity index (χ4v) is 12.1. The van der Waals surface area contributed by atoms with Crippen LogP contribution in [0.1, 0.15) is 85.5 Å². The summed E-state index contributed by atoms with van der Waals surface area (Å²) in [6.07, 6.45) is 4.25. The van der Waals surface area contributed by atoms with Crippen molar-refractivity contribution in [2.24, 2.45) is 11.0 Å². The zero-order valence-electron chi connectivity index (χ0n) is 44.0. The maximum Gasteiger partial charge on any atom is 0.407 e. The van der Waals surface area contributed by atoms with E-state index in [2.05, 4.69) is 73.9 Å². The normalized spacial score (nSPS) is 17.4. The number of alkyl carbamates (subject to hydrolysis) is 2. The minimum Gasteiger partial charge on any atom is -0.464 e. The largest absolute Gasteiger partial charge is 0.464 e. The molecule has 4 amide bonds. The standard InChI is InChI=1S/C58H57FN12O7S/c1-31(2)51(66-58(75)77-5)55(73)70-23-7-9-45(70)53-62-30-42(64-53)36-26-39(59)50-46-27-37-25-35(16-19-43(37)71(46)56(78-47(50)28-36)49-21-20-48(79-49)34-14-10-32(3)11-15-34)41-29-61-52(63-41)44-8-6-22-69(44)54(72)40(65-57(74)76-4)24-33-12-17-38(18-13-33)67-68-60/h10-21,25-31,40,44-45,51,56H,6-9,22-24H2,1-5H3,(H,61,63)(H,62,64)(H,65,74)(H,66,75)/t40-,44-,45-,51-,56?/m0/s1. The van der Waals surface area contributed by atoms with E-state index >= 15 is 4.39 Å². The van der Waals surface area contributed by atoms with E-state index in [1.54, 1.807) is 57.8 Å². The van der Waals surface area contributed by atoms with Crippen LogP contribution in [0.5, 0.6) is 5.75 Å². The lowest BCUT2D eigenvalue weighted by molar-refractivity contribution is -0.135.